The second-order valence-electron chi connectivity index (χ2n) is 3.51. The minimum absolute atomic E-state index is 0.970. The summed E-state index contributed by atoms with van der Waals surface area (Å²) < 4.78 is 2.65. The molecule has 0 N–H and O–H groups in total. The fraction of sp³-hybridized carbons (Fsp3) is 0.167. The normalized spacial score (nSPS) is 15.0. The molecule has 0 bridgehead atoms. The highest BCUT2D eigenvalue weighted by atomic mass is 32.2. The monoisotopic (exact) mass is 310 g/mol. The molecular weight excluding hydrogens is 300 g/mol. The summed E-state index contributed by atoms with van der Waals surface area (Å²) >= 11 is 7.02. The van der Waals surface area contributed by atoms with E-state index in [9.17, 15) is 0 Å². The van der Waals surface area contributed by atoms with Gasteiger partial charge in [0.25, 0.3) is 0 Å². The number of fused-ring (bicyclic) bond motifs is 2. The van der Waals surface area contributed by atoms with E-state index < -0.39 is 0 Å². The van der Waals surface area contributed by atoms with Gasteiger partial charge in [0, 0.05) is 0 Å². The van der Waals surface area contributed by atoms with Crippen molar-refractivity contribution in [2.45, 2.75) is 10.1 Å². The van der Waals surface area contributed by atoms with E-state index in [4.69, 9.17) is 9.97 Å². The molecule has 0 radical (unpaired) electrons. The molecule has 2 aromatic rings. The summed E-state index contributed by atoms with van der Waals surface area (Å²) in [5.41, 5.74) is 1.94. The molecule has 3 rings (SSSR count). The maximum absolute atomic E-state index is 4.71. The SMILES string of the molecule is CSC1=C(SC)Sc2nc3ccccc3nc2S1. The van der Waals surface area contributed by atoms with E-state index in [0.29, 0.717) is 0 Å². The quantitative estimate of drug-likeness (QED) is 0.799. The first-order valence-electron chi connectivity index (χ1n) is 5.26. The van der Waals surface area contributed by atoms with Gasteiger partial charge in [-0.2, -0.15) is 0 Å². The van der Waals surface area contributed by atoms with Crippen LogP contribution in [0.2, 0.25) is 0 Å². The Kier molecular flexibility index (Phi) is 3.79. The molecule has 92 valence electrons. The fourth-order valence-corrected chi connectivity index (χ4v) is 5.90. The molecule has 1 aromatic heterocycles. The predicted octanol–water partition coefficient (Wildman–Crippen LogP) is 4.68. The molecular formula is C12H10N2S4. The number of thioether (sulfide) groups is 4. The maximum atomic E-state index is 4.71. The largest absolute Gasteiger partial charge is 0.237 e. The molecule has 2 nitrogen and oxygen atoms in total. The van der Waals surface area contributed by atoms with Crippen molar-refractivity contribution in [2.75, 3.05) is 12.5 Å². The lowest BCUT2D eigenvalue weighted by atomic mass is 10.3. The van der Waals surface area contributed by atoms with Crippen molar-refractivity contribution < 1.29 is 0 Å². The molecule has 0 amide bonds. The van der Waals surface area contributed by atoms with Gasteiger partial charge in [0.2, 0.25) is 0 Å². The summed E-state index contributed by atoms with van der Waals surface area (Å²) in [4.78, 5) is 9.41. The van der Waals surface area contributed by atoms with Crippen molar-refractivity contribution in [3.05, 3.63) is 32.7 Å². The van der Waals surface area contributed by atoms with E-state index in [2.05, 4.69) is 12.5 Å². The van der Waals surface area contributed by atoms with E-state index in [0.717, 1.165) is 21.1 Å². The Morgan fingerprint density at radius 1 is 0.833 bits per heavy atom. The smallest absolute Gasteiger partial charge is 0.135 e. The van der Waals surface area contributed by atoms with Crippen LogP contribution in [0.15, 0.2) is 42.8 Å². The van der Waals surface area contributed by atoms with Gasteiger partial charge in [0.05, 0.1) is 19.5 Å². The molecule has 0 aliphatic carbocycles. The summed E-state index contributed by atoms with van der Waals surface area (Å²) in [5, 5.41) is 2.06. The number of rotatable bonds is 2. The fourth-order valence-electron chi connectivity index (χ4n) is 1.61. The van der Waals surface area contributed by atoms with E-state index in [1.165, 1.54) is 8.47 Å². The maximum Gasteiger partial charge on any atom is 0.135 e. The van der Waals surface area contributed by atoms with Crippen molar-refractivity contribution >= 4 is 58.1 Å². The van der Waals surface area contributed by atoms with Crippen molar-refractivity contribution in [1.82, 2.24) is 9.97 Å². The van der Waals surface area contributed by atoms with Crippen LogP contribution in [0.5, 0.6) is 0 Å². The Bertz CT molecular complexity index is 585. The first-order valence-corrected chi connectivity index (χ1v) is 9.35. The van der Waals surface area contributed by atoms with Crippen LogP contribution < -0.4 is 0 Å². The average Bonchev–Trinajstić information content (AvgIpc) is 2.43. The summed E-state index contributed by atoms with van der Waals surface area (Å²) in [6, 6.07) is 8.03. The Hall–Kier alpha value is -0.300. The molecule has 1 aliphatic rings. The lowest BCUT2D eigenvalue weighted by Gasteiger charge is -2.18. The third kappa shape index (κ3) is 2.27. The molecule has 0 fully saturated rings. The zero-order chi connectivity index (χ0) is 12.5. The van der Waals surface area contributed by atoms with Crippen LogP contribution in [0.4, 0.5) is 0 Å². The van der Waals surface area contributed by atoms with Crippen LogP contribution in [0, 0.1) is 0 Å². The minimum Gasteiger partial charge on any atom is -0.237 e. The zero-order valence-electron chi connectivity index (χ0n) is 9.84. The molecule has 18 heavy (non-hydrogen) atoms. The zero-order valence-corrected chi connectivity index (χ0v) is 13.1. The predicted molar refractivity (Wildman–Crippen MR) is 85.3 cm³/mol. The lowest BCUT2D eigenvalue weighted by Crippen LogP contribution is -1.96. The molecule has 6 heteroatoms. The molecule has 1 aliphatic heterocycles. The molecule has 0 unspecified atom stereocenters. The van der Waals surface area contributed by atoms with Crippen LogP contribution in [-0.2, 0) is 0 Å². The standard InChI is InChI=1S/C12H10N2S4/c1-15-11-12(16-2)18-10-9(17-11)13-7-5-3-4-6-8(7)14-10/h3-6H,1-2H3. The number of nitrogens with zero attached hydrogens (tertiary/aromatic N) is 2. The highest BCUT2D eigenvalue weighted by Gasteiger charge is 2.22. The molecule has 1 aromatic carbocycles. The summed E-state index contributed by atoms with van der Waals surface area (Å²) in [6.07, 6.45) is 4.22. The third-order valence-electron chi connectivity index (χ3n) is 2.42. The summed E-state index contributed by atoms with van der Waals surface area (Å²) in [6.45, 7) is 0. The number of hydrogen-bond donors (Lipinski definition) is 0. The van der Waals surface area contributed by atoms with Crippen LogP contribution in [-0.4, -0.2) is 22.5 Å². The number of hydrogen-bond acceptors (Lipinski definition) is 6. The highest BCUT2D eigenvalue weighted by Crippen LogP contribution is 2.52. The summed E-state index contributed by atoms with van der Waals surface area (Å²) in [5.74, 6) is 0. The van der Waals surface area contributed by atoms with Gasteiger partial charge in [-0.05, 0) is 24.6 Å². The van der Waals surface area contributed by atoms with E-state index in [1.54, 1.807) is 47.0 Å². The average molecular weight is 310 g/mol. The van der Waals surface area contributed by atoms with Crippen molar-refractivity contribution in [1.29, 1.82) is 0 Å². The van der Waals surface area contributed by atoms with Gasteiger partial charge in [0.15, 0.2) is 0 Å². The minimum atomic E-state index is 0.970. The lowest BCUT2D eigenvalue weighted by molar-refractivity contribution is 0.973. The first-order chi connectivity index (χ1) is 8.81. The summed E-state index contributed by atoms with van der Waals surface area (Å²) in [7, 11) is 0. The second kappa shape index (κ2) is 5.36. The molecule has 0 saturated carbocycles. The molecule has 0 atom stereocenters. The number of aromatic nitrogens is 2. The van der Waals surface area contributed by atoms with Crippen LogP contribution in [0.1, 0.15) is 0 Å². The van der Waals surface area contributed by atoms with Gasteiger partial charge < -0.3 is 0 Å². The van der Waals surface area contributed by atoms with Crippen molar-refractivity contribution in [3.63, 3.8) is 0 Å². The van der Waals surface area contributed by atoms with Gasteiger partial charge >= 0.3 is 0 Å². The van der Waals surface area contributed by atoms with Gasteiger partial charge in [-0.1, -0.05) is 35.7 Å². The molecule has 0 spiro atoms. The Morgan fingerprint density at radius 2 is 1.28 bits per heavy atom. The number of para-hydroxylation sites is 2. The van der Waals surface area contributed by atoms with Crippen LogP contribution in [0.3, 0.4) is 0 Å². The number of benzene rings is 1. The van der Waals surface area contributed by atoms with Gasteiger partial charge in [-0.25, -0.2) is 9.97 Å². The Morgan fingerprint density at radius 3 is 1.67 bits per heavy atom. The molecule has 0 saturated heterocycles. The van der Waals surface area contributed by atoms with E-state index >= 15 is 0 Å². The Balaban J connectivity index is 2.11. The van der Waals surface area contributed by atoms with E-state index in [1.807, 2.05) is 24.3 Å². The Labute approximate surface area is 123 Å². The van der Waals surface area contributed by atoms with Crippen molar-refractivity contribution in [2.24, 2.45) is 0 Å². The van der Waals surface area contributed by atoms with Gasteiger partial charge in [0.1, 0.15) is 10.1 Å². The van der Waals surface area contributed by atoms with Gasteiger partial charge in [-0.3, -0.25) is 0 Å². The third-order valence-corrected chi connectivity index (χ3v) is 7.46. The van der Waals surface area contributed by atoms with Crippen molar-refractivity contribution in [3.8, 4) is 0 Å². The van der Waals surface area contributed by atoms with Crippen LogP contribution in [0.25, 0.3) is 11.0 Å². The first kappa shape index (κ1) is 12.7. The van der Waals surface area contributed by atoms with E-state index in [-0.39, 0.29) is 0 Å². The van der Waals surface area contributed by atoms with Crippen LogP contribution >= 0.6 is 47.0 Å². The molecule has 2 heterocycles. The second-order valence-corrected chi connectivity index (χ2v) is 7.66. The topological polar surface area (TPSA) is 25.8 Å². The van der Waals surface area contributed by atoms with Gasteiger partial charge in [-0.15, -0.1) is 23.5 Å². The highest BCUT2D eigenvalue weighted by molar-refractivity contribution is 8.29.